The molecule has 0 aliphatic carbocycles. The Kier molecular flexibility index (Phi) is 4.74. The van der Waals surface area contributed by atoms with Crippen molar-refractivity contribution >= 4 is 0 Å². The molecule has 0 amide bonds. The molecule has 0 aliphatic rings. The van der Waals surface area contributed by atoms with Crippen molar-refractivity contribution in [2.75, 3.05) is 0 Å². The third-order valence-electron chi connectivity index (χ3n) is 3.39. The van der Waals surface area contributed by atoms with Gasteiger partial charge in [-0.25, -0.2) is 0 Å². The van der Waals surface area contributed by atoms with Gasteiger partial charge in [-0.05, 0) is 37.8 Å². The van der Waals surface area contributed by atoms with E-state index in [0.29, 0.717) is 0 Å². The average molecular weight is 257 g/mol. The molecule has 2 N–H and O–H groups in total. The molecule has 102 valence electrons. The lowest BCUT2D eigenvalue weighted by atomic mass is 10.0. The van der Waals surface area contributed by atoms with Crippen LogP contribution in [0.2, 0.25) is 0 Å². The average Bonchev–Trinajstić information content (AvgIpc) is 2.85. The fourth-order valence-corrected chi connectivity index (χ4v) is 2.39. The second-order valence-electron chi connectivity index (χ2n) is 5.11. The normalized spacial score (nSPS) is 12.6. The van der Waals surface area contributed by atoms with E-state index in [0.717, 1.165) is 31.5 Å². The van der Waals surface area contributed by atoms with Gasteiger partial charge in [-0.2, -0.15) is 5.10 Å². The molecule has 0 radical (unpaired) electrons. The van der Waals surface area contributed by atoms with Gasteiger partial charge in [-0.15, -0.1) is 0 Å². The molecule has 1 atom stereocenters. The topological polar surface area (TPSA) is 43.8 Å². The smallest absolute Gasteiger partial charge is 0.0551 e. The van der Waals surface area contributed by atoms with Crippen LogP contribution in [0.15, 0.2) is 36.5 Å². The summed E-state index contributed by atoms with van der Waals surface area (Å²) in [6.07, 6.45) is 4.90. The molecule has 0 fully saturated rings. The lowest BCUT2D eigenvalue weighted by Gasteiger charge is -2.14. The summed E-state index contributed by atoms with van der Waals surface area (Å²) in [7, 11) is 0. The molecule has 0 saturated heterocycles. The Morgan fingerprint density at radius 3 is 2.89 bits per heavy atom. The van der Waals surface area contributed by atoms with Crippen molar-refractivity contribution in [3.05, 3.63) is 53.3 Å². The number of aryl methyl sites for hydroxylation is 3. The number of rotatable bonds is 6. The third-order valence-corrected chi connectivity index (χ3v) is 3.39. The Bertz CT molecular complexity index is 516. The zero-order valence-corrected chi connectivity index (χ0v) is 11.8. The molecule has 3 heteroatoms. The van der Waals surface area contributed by atoms with E-state index in [4.69, 9.17) is 5.73 Å². The van der Waals surface area contributed by atoms with E-state index >= 15 is 0 Å². The number of aromatic nitrogens is 2. The summed E-state index contributed by atoms with van der Waals surface area (Å²) in [5.74, 6) is 0. The highest BCUT2D eigenvalue weighted by molar-refractivity contribution is 5.22. The van der Waals surface area contributed by atoms with Crippen molar-refractivity contribution in [1.29, 1.82) is 0 Å². The second-order valence-corrected chi connectivity index (χ2v) is 5.11. The summed E-state index contributed by atoms with van der Waals surface area (Å²) in [4.78, 5) is 0. The molecule has 0 saturated carbocycles. The van der Waals surface area contributed by atoms with Gasteiger partial charge in [0, 0.05) is 18.8 Å². The SMILES string of the molecule is CCCn1nccc1C(N)CCc1cccc(C)c1. The van der Waals surface area contributed by atoms with Crippen molar-refractivity contribution in [1.82, 2.24) is 9.78 Å². The summed E-state index contributed by atoms with van der Waals surface area (Å²) < 4.78 is 2.03. The van der Waals surface area contributed by atoms with Crippen molar-refractivity contribution in [2.45, 2.75) is 45.7 Å². The fourth-order valence-electron chi connectivity index (χ4n) is 2.39. The van der Waals surface area contributed by atoms with Crippen LogP contribution < -0.4 is 5.73 Å². The minimum atomic E-state index is 0.0644. The zero-order chi connectivity index (χ0) is 13.7. The molecule has 0 spiro atoms. The fraction of sp³-hybridized carbons (Fsp3) is 0.438. The standard InChI is InChI=1S/C16H23N3/c1-3-11-19-16(9-10-18-19)15(17)8-7-14-6-4-5-13(2)12-14/h4-6,9-10,12,15H,3,7-8,11,17H2,1-2H3. The van der Waals surface area contributed by atoms with Gasteiger partial charge in [0.1, 0.15) is 0 Å². The molecular formula is C16H23N3. The lowest BCUT2D eigenvalue weighted by Crippen LogP contribution is -2.17. The van der Waals surface area contributed by atoms with Crippen molar-refractivity contribution in [3.8, 4) is 0 Å². The molecule has 1 unspecified atom stereocenters. The lowest BCUT2D eigenvalue weighted by molar-refractivity contribution is 0.523. The molecule has 3 nitrogen and oxygen atoms in total. The molecule has 1 heterocycles. The summed E-state index contributed by atoms with van der Waals surface area (Å²) in [6, 6.07) is 10.7. The predicted molar refractivity (Wildman–Crippen MR) is 78.9 cm³/mol. The van der Waals surface area contributed by atoms with Crippen LogP contribution in [0.5, 0.6) is 0 Å². The second kappa shape index (κ2) is 6.53. The number of hydrogen-bond donors (Lipinski definition) is 1. The highest BCUT2D eigenvalue weighted by atomic mass is 15.3. The Morgan fingerprint density at radius 2 is 2.16 bits per heavy atom. The molecule has 1 aromatic heterocycles. The number of nitrogens with zero attached hydrogens (tertiary/aromatic N) is 2. The molecule has 0 aliphatic heterocycles. The van der Waals surface area contributed by atoms with Crippen molar-refractivity contribution in [3.63, 3.8) is 0 Å². The van der Waals surface area contributed by atoms with Gasteiger partial charge in [0.05, 0.1) is 5.69 Å². The van der Waals surface area contributed by atoms with Crippen LogP contribution in [0.1, 0.15) is 42.6 Å². The van der Waals surface area contributed by atoms with Crippen LogP contribution in [0.25, 0.3) is 0 Å². The van der Waals surface area contributed by atoms with E-state index < -0.39 is 0 Å². The highest BCUT2D eigenvalue weighted by Crippen LogP contribution is 2.17. The van der Waals surface area contributed by atoms with Gasteiger partial charge in [-0.3, -0.25) is 4.68 Å². The number of benzene rings is 1. The minimum absolute atomic E-state index is 0.0644. The maximum Gasteiger partial charge on any atom is 0.0551 e. The first-order chi connectivity index (χ1) is 9.20. The summed E-state index contributed by atoms with van der Waals surface area (Å²) in [5, 5.41) is 4.33. The largest absolute Gasteiger partial charge is 0.323 e. The van der Waals surface area contributed by atoms with Crippen LogP contribution in [-0.2, 0) is 13.0 Å². The van der Waals surface area contributed by atoms with Gasteiger partial charge < -0.3 is 5.73 Å². The van der Waals surface area contributed by atoms with Gasteiger partial charge in [0.2, 0.25) is 0 Å². The van der Waals surface area contributed by atoms with Crippen LogP contribution in [0.4, 0.5) is 0 Å². The Labute approximate surface area is 115 Å². The first-order valence-electron chi connectivity index (χ1n) is 7.03. The van der Waals surface area contributed by atoms with Gasteiger partial charge in [0.15, 0.2) is 0 Å². The molecule has 0 bridgehead atoms. The van der Waals surface area contributed by atoms with E-state index in [2.05, 4.69) is 43.2 Å². The molecule has 19 heavy (non-hydrogen) atoms. The molecule has 2 rings (SSSR count). The van der Waals surface area contributed by atoms with Crippen LogP contribution in [0.3, 0.4) is 0 Å². The Morgan fingerprint density at radius 1 is 1.32 bits per heavy atom. The summed E-state index contributed by atoms with van der Waals surface area (Å²) >= 11 is 0. The van der Waals surface area contributed by atoms with Crippen LogP contribution >= 0.6 is 0 Å². The van der Waals surface area contributed by atoms with E-state index in [9.17, 15) is 0 Å². The zero-order valence-electron chi connectivity index (χ0n) is 11.8. The Hall–Kier alpha value is -1.61. The van der Waals surface area contributed by atoms with Gasteiger partial charge in [-0.1, -0.05) is 36.8 Å². The first-order valence-corrected chi connectivity index (χ1v) is 7.03. The number of nitrogens with two attached hydrogens (primary N) is 1. The van der Waals surface area contributed by atoms with Crippen LogP contribution in [0, 0.1) is 6.92 Å². The van der Waals surface area contributed by atoms with E-state index in [1.807, 2.05) is 16.9 Å². The van der Waals surface area contributed by atoms with Crippen molar-refractivity contribution in [2.24, 2.45) is 5.73 Å². The van der Waals surface area contributed by atoms with Crippen LogP contribution in [-0.4, -0.2) is 9.78 Å². The summed E-state index contributed by atoms with van der Waals surface area (Å²) in [6.45, 7) is 5.23. The van der Waals surface area contributed by atoms with Crippen molar-refractivity contribution < 1.29 is 0 Å². The molecule has 1 aromatic carbocycles. The molecular weight excluding hydrogens is 234 g/mol. The van der Waals surface area contributed by atoms with Gasteiger partial charge in [0.25, 0.3) is 0 Å². The first kappa shape index (κ1) is 13.8. The molecule has 2 aromatic rings. The Balaban J connectivity index is 1.97. The number of hydrogen-bond acceptors (Lipinski definition) is 2. The maximum absolute atomic E-state index is 6.30. The monoisotopic (exact) mass is 257 g/mol. The van der Waals surface area contributed by atoms with E-state index in [1.54, 1.807) is 0 Å². The quantitative estimate of drug-likeness (QED) is 0.863. The van der Waals surface area contributed by atoms with E-state index in [1.165, 1.54) is 11.1 Å². The van der Waals surface area contributed by atoms with E-state index in [-0.39, 0.29) is 6.04 Å². The predicted octanol–water partition coefficient (Wildman–Crippen LogP) is 3.23. The maximum atomic E-state index is 6.30. The third kappa shape index (κ3) is 3.67. The minimum Gasteiger partial charge on any atom is -0.323 e. The van der Waals surface area contributed by atoms with Gasteiger partial charge >= 0.3 is 0 Å². The highest BCUT2D eigenvalue weighted by Gasteiger charge is 2.11. The summed E-state index contributed by atoms with van der Waals surface area (Å²) in [5.41, 5.74) is 10.1.